The fourth-order valence-corrected chi connectivity index (χ4v) is 6.03. The smallest absolute Gasteiger partial charge is 0.220 e. The molecule has 1 aromatic rings. The molecule has 27 heavy (non-hydrogen) atoms. The van der Waals surface area contributed by atoms with Crippen LogP contribution in [0.2, 0.25) is 0 Å². The van der Waals surface area contributed by atoms with Crippen molar-refractivity contribution in [3.63, 3.8) is 0 Å². The van der Waals surface area contributed by atoms with E-state index in [0.29, 0.717) is 29.2 Å². The van der Waals surface area contributed by atoms with Crippen molar-refractivity contribution in [3.05, 3.63) is 26.6 Å². The molecule has 0 bridgehead atoms. The first kappa shape index (κ1) is 21.1. The molecule has 0 spiro atoms. The molecular weight excluding hydrogens is 474 g/mol. The highest BCUT2D eigenvalue weighted by molar-refractivity contribution is 9.11. The summed E-state index contributed by atoms with van der Waals surface area (Å²) in [5.74, 6) is 1.25. The summed E-state index contributed by atoms with van der Waals surface area (Å²) in [6.45, 7) is 6.45. The van der Waals surface area contributed by atoms with Gasteiger partial charge in [0.15, 0.2) is 0 Å². The number of hydrogen-bond acceptors (Lipinski definition) is 3. The van der Waals surface area contributed by atoms with E-state index >= 15 is 0 Å². The highest BCUT2D eigenvalue weighted by Gasteiger charge is 2.49. The Morgan fingerprint density at radius 1 is 1.37 bits per heavy atom. The minimum absolute atomic E-state index is 0.0941. The van der Waals surface area contributed by atoms with Gasteiger partial charge in [0.1, 0.15) is 5.75 Å². The number of aromatic hydroxyl groups is 1. The van der Waals surface area contributed by atoms with E-state index in [1.165, 1.54) is 6.42 Å². The van der Waals surface area contributed by atoms with Crippen molar-refractivity contribution < 1.29 is 14.6 Å². The van der Waals surface area contributed by atoms with E-state index in [1.54, 1.807) is 0 Å². The molecule has 3 rings (SSSR count). The molecule has 1 aliphatic heterocycles. The molecular formula is C21H29Br2NO3. The monoisotopic (exact) mass is 501 g/mol. The molecule has 1 saturated carbocycles. The van der Waals surface area contributed by atoms with Crippen LogP contribution in [0.25, 0.3) is 0 Å². The second-order valence-electron chi connectivity index (χ2n) is 8.43. The molecule has 150 valence electrons. The van der Waals surface area contributed by atoms with Gasteiger partial charge in [-0.2, -0.15) is 0 Å². The van der Waals surface area contributed by atoms with Gasteiger partial charge in [-0.1, -0.05) is 36.2 Å². The minimum Gasteiger partial charge on any atom is -0.506 e. The normalized spacial score (nSPS) is 33.4. The molecule has 2 aliphatic rings. The van der Waals surface area contributed by atoms with Crippen molar-refractivity contribution in [2.75, 3.05) is 0 Å². The first-order chi connectivity index (χ1) is 12.7. The predicted octanol–water partition coefficient (Wildman–Crippen LogP) is 5.86. The third-order valence-corrected chi connectivity index (χ3v) is 7.19. The van der Waals surface area contributed by atoms with E-state index in [9.17, 15) is 9.90 Å². The number of carbonyl (C=O) groups is 1. The largest absolute Gasteiger partial charge is 0.506 e. The van der Waals surface area contributed by atoms with Crippen LogP contribution in [0.3, 0.4) is 0 Å². The number of nitrogens with one attached hydrogen (secondary N) is 1. The number of carbonyl (C=O) groups excluding carboxylic acids is 1. The van der Waals surface area contributed by atoms with Crippen LogP contribution in [0.1, 0.15) is 71.0 Å². The molecule has 1 aliphatic carbocycles. The maximum atomic E-state index is 12.5. The third-order valence-electron chi connectivity index (χ3n) is 6.13. The van der Waals surface area contributed by atoms with Crippen LogP contribution in [0.15, 0.2) is 21.1 Å². The fraction of sp³-hybridized carbons (Fsp3) is 0.667. The van der Waals surface area contributed by atoms with Gasteiger partial charge in [0, 0.05) is 34.3 Å². The number of phenolic OH excluding ortho intramolecular Hbond substituents is 1. The average Bonchev–Trinajstić information content (AvgIpc) is 2.57. The minimum atomic E-state index is -0.332. The Kier molecular flexibility index (Phi) is 6.59. The van der Waals surface area contributed by atoms with Gasteiger partial charge in [0.25, 0.3) is 0 Å². The van der Waals surface area contributed by atoms with Crippen molar-refractivity contribution in [1.29, 1.82) is 0 Å². The zero-order valence-electron chi connectivity index (χ0n) is 16.2. The average molecular weight is 503 g/mol. The fourth-order valence-electron chi connectivity index (χ4n) is 4.77. The molecule has 0 radical (unpaired) electrons. The van der Waals surface area contributed by atoms with Gasteiger partial charge in [-0.05, 0) is 60.2 Å². The first-order valence-electron chi connectivity index (χ1n) is 9.88. The summed E-state index contributed by atoms with van der Waals surface area (Å²) in [6.07, 6.45) is 5.12. The Morgan fingerprint density at radius 2 is 2.11 bits per heavy atom. The highest BCUT2D eigenvalue weighted by atomic mass is 79.9. The Hall–Kier alpha value is -0.590. The number of phenols is 1. The van der Waals surface area contributed by atoms with Gasteiger partial charge < -0.3 is 15.2 Å². The lowest BCUT2D eigenvalue weighted by molar-refractivity contribution is -0.154. The van der Waals surface area contributed by atoms with Crippen LogP contribution < -0.4 is 5.32 Å². The van der Waals surface area contributed by atoms with E-state index in [1.807, 2.05) is 19.1 Å². The van der Waals surface area contributed by atoms with Crippen molar-refractivity contribution in [2.24, 2.45) is 11.8 Å². The number of rotatable bonds is 4. The number of ether oxygens (including phenoxy) is 1. The zero-order valence-corrected chi connectivity index (χ0v) is 19.4. The van der Waals surface area contributed by atoms with Crippen molar-refractivity contribution in [1.82, 2.24) is 5.32 Å². The summed E-state index contributed by atoms with van der Waals surface area (Å²) in [5, 5.41) is 14.0. The molecule has 0 unspecified atom stereocenters. The molecule has 4 nitrogen and oxygen atoms in total. The lowest BCUT2D eigenvalue weighted by Gasteiger charge is -2.52. The molecule has 1 aromatic carbocycles. The van der Waals surface area contributed by atoms with E-state index in [2.05, 4.69) is 51.0 Å². The molecule has 2 N–H and O–H groups in total. The van der Waals surface area contributed by atoms with Crippen LogP contribution in [0.5, 0.6) is 5.75 Å². The van der Waals surface area contributed by atoms with E-state index in [4.69, 9.17) is 4.74 Å². The zero-order chi connectivity index (χ0) is 19.8. The predicted molar refractivity (Wildman–Crippen MR) is 114 cm³/mol. The molecule has 2 fully saturated rings. The summed E-state index contributed by atoms with van der Waals surface area (Å²) in [5.41, 5.74) is 0.435. The van der Waals surface area contributed by atoms with Gasteiger partial charge in [-0.3, -0.25) is 4.79 Å². The molecule has 0 aromatic heterocycles. The molecule has 1 heterocycles. The van der Waals surface area contributed by atoms with Crippen LogP contribution in [-0.2, 0) is 9.53 Å². The summed E-state index contributed by atoms with van der Waals surface area (Å²) >= 11 is 6.94. The second kappa shape index (κ2) is 8.42. The van der Waals surface area contributed by atoms with Crippen LogP contribution in [0, 0.1) is 11.8 Å². The summed E-state index contributed by atoms with van der Waals surface area (Å²) < 4.78 is 8.06. The maximum absolute atomic E-state index is 12.5. The highest BCUT2D eigenvalue weighted by Crippen LogP contribution is 2.50. The second-order valence-corrected chi connectivity index (χ2v) is 10.2. The van der Waals surface area contributed by atoms with Gasteiger partial charge >= 0.3 is 0 Å². The van der Waals surface area contributed by atoms with E-state index in [-0.39, 0.29) is 29.4 Å². The van der Waals surface area contributed by atoms with Crippen molar-refractivity contribution >= 4 is 37.8 Å². The van der Waals surface area contributed by atoms with Gasteiger partial charge in [-0.25, -0.2) is 0 Å². The number of benzene rings is 1. The molecule has 1 saturated heterocycles. The van der Waals surface area contributed by atoms with Gasteiger partial charge in [-0.15, -0.1) is 0 Å². The number of fused-ring (bicyclic) bond motifs is 1. The Balaban J connectivity index is 1.94. The van der Waals surface area contributed by atoms with Crippen LogP contribution in [0.4, 0.5) is 0 Å². The summed E-state index contributed by atoms with van der Waals surface area (Å²) in [4.78, 5) is 12.5. The lowest BCUT2D eigenvalue weighted by atomic mass is 9.66. The summed E-state index contributed by atoms with van der Waals surface area (Å²) in [7, 11) is 0. The standard InChI is InChI=1S/C21H29Br2NO3/c1-4-5-19(25)24-21(3)11-18(14-9-13(22)10-16(23)20(14)26)27-17-8-12(2)6-7-15(17)21/h9-10,12,15,17-18,26H,4-8,11H2,1-3H3,(H,24,25)/t12-,15-,17-,18-,21-/m0/s1. The first-order valence-corrected chi connectivity index (χ1v) is 11.5. The maximum Gasteiger partial charge on any atom is 0.220 e. The van der Waals surface area contributed by atoms with Crippen molar-refractivity contribution in [3.8, 4) is 5.75 Å². The molecule has 5 atom stereocenters. The third kappa shape index (κ3) is 4.54. The Labute approximate surface area is 178 Å². The molecule has 6 heteroatoms. The lowest BCUT2D eigenvalue weighted by Crippen LogP contribution is -2.60. The van der Waals surface area contributed by atoms with Crippen molar-refractivity contribution in [2.45, 2.75) is 77.0 Å². The number of amides is 1. The molecule has 1 amide bonds. The quantitative estimate of drug-likeness (QED) is 0.542. The van der Waals surface area contributed by atoms with Gasteiger partial charge in [0.2, 0.25) is 5.91 Å². The Morgan fingerprint density at radius 3 is 2.81 bits per heavy atom. The van der Waals surface area contributed by atoms with E-state index < -0.39 is 0 Å². The van der Waals surface area contributed by atoms with Crippen LogP contribution >= 0.6 is 31.9 Å². The SMILES string of the molecule is CCCC(=O)N[C@@]1(C)C[C@@H](c2cc(Br)cc(Br)c2O)O[C@H]2C[C@@H](C)CC[C@@H]21. The number of halogens is 2. The van der Waals surface area contributed by atoms with E-state index in [0.717, 1.165) is 29.3 Å². The summed E-state index contributed by atoms with van der Waals surface area (Å²) in [6, 6.07) is 3.75. The topological polar surface area (TPSA) is 58.6 Å². The van der Waals surface area contributed by atoms with Gasteiger partial charge in [0.05, 0.1) is 16.7 Å². The van der Waals surface area contributed by atoms with Crippen LogP contribution in [-0.4, -0.2) is 22.7 Å². The number of hydrogen-bond donors (Lipinski definition) is 2. The Bertz CT molecular complexity index is 711.